The van der Waals surface area contributed by atoms with Crippen molar-refractivity contribution >= 4 is 11.0 Å². The Morgan fingerprint density at radius 1 is 1.31 bits per heavy atom. The molecule has 1 saturated carbocycles. The normalized spacial score (nSPS) is 25.4. The Morgan fingerprint density at radius 2 is 2.12 bits per heavy atom. The van der Waals surface area contributed by atoms with Crippen molar-refractivity contribution < 1.29 is 5.11 Å². The van der Waals surface area contributed by atoms with Crippen molar-refractivity contribution in [3.8, 4) is 0 Å². The zero-order valence-electron chi connectivity index (χ0n) is 9.43. The summed E-state index contributed by atoms with van der Waals surface area (Å²) in [5, 5.41) is 10.00. The van der Waals surface area contributed by atoms with Crippen LogP contribution < -0.4 is 0 Å². The lowest BCUT2D eigenvalue weighted by Crippen LogP contribution is -2.19. The summed E-state index contributed by atoms with van der Waals surface area (Å²) in [7, 11) is 0. The molecular formula is C13H16N2O. The van der Waals surface area contributed by atoms with E-state index in [4.69, 9.17) is 0 Å². The first kappa shape index (κ1) is 9.85. The molecule has 3 nitrogen and oxygen atoms in total. The molecule has 2 atom stereocenters. The molecule has 3 heteroatoms. The fourth-order valence-corrected chi connectivity index (χ4v) is 2.81. The Bertz CT molecular complexity index is 518. The summed E-state index contributed by atoms with van der Waals surface area (Å²) in [5.41, 5.74) is 2.17. The average molecular weight is 216 g/mol. The topological polar surface area (TPSA) is 38.0 Å². The number of benzene rings is 1. The molecule has 1 fully saturated rings. The van der Waals surface area contributed by atoms with Gasteiger partial charge in [-0.2, -0.15) is 0 Å². The molecule has 16 heavy (non-hydrogen) atoms. The van der Waals surface area contributed by atoms with Crippen LogP contribution in [0.25, 0.3) is 11.0 Å². The second kappa shape index (κ2) is 3.59. The fourth-order valence-electron chi connectivity index (χ4n) is 2.81. The van der Waals surface area contributed by atoms with Crippen molar-refractivity contribution in [3.63, 3.8) is 0 Å². The number of rotatable bonds is 1. The van der Waals surface area contributed by atoms with Crippen molar-refractivity contribution in [2.45, 2.75) is 38.3 Å². The summed E-state index contributed by atoms with van der Waals surface area (Å²) < 4.78 is 2.20. The highest BCUT2D eigenvalue weighted by Gasteiger charge is 2.28. The second-order valence-corrected chi connectivity index (χ2v) is 4.58. The summed E-state index contributed by atoms with van der Waals surface area (Å²) in [4.78, 5) is 4.54. The Labute approximate surface area is 94.7 Å². The molecule has 3 rings (SSSR count). The quantitative estimate of drug-likeness (QED) is 0.795. The van der Waals surface area contributed by atoms with Gasteiger partial charge in [0.15, 0.2) is 0 Å². The maximum atomic E-state index is 10.00. The maximum Gasteiger partial charge on any atom is 0.107 e. The summed E-state index contributed by atoms with van der Waals surface area (Å²) in [5.74, 6) is 1.01. The van der Waals surface area contributed by atoms with E-state index >= 15 is 0 Å². The zero-order valence-corrected chi connectivity index (χ0v) is 9.43. The predicted molar refractivity (Wildman–Crippen MR) is 63.4 cm³/mol. The summed E-state index contributed by atoms with van der Waals surface area (Å²) in [6, 6.07) is 8.36. The number of aliphatic hydroxyl groups is 1. The van der Waals surface area contributed by atoms with Crippen LogP contribution in [0.15, 0.2) is 24.3 Å². The molecule has 1 aromatic heterocycles. The number of hydrogen-bond donors (Lipinski definition) is 1. The smallest absolute Gasteiger partial charge is 0.107 e. The highest BCUT2D eigenvalue weighted by atomic mass is 16.3. The largest absolute Gasteiger partial charge is 0.391 e. The highest BCUT2D eigenvalue weighted by molar-refractivity contribution is 5.76. The molecule has 0 spiro atoms. The van der Waals surface area contributed by atoms with Crippen molar-refractivity contribution in [1.29, 1.82) is 0 Å². The summed E-state index contributed by atoms with van der Waals surface area (Å²) in [6.45, 7) is 2.02. The van der Waals surface area contributed by atoms with Gasteiger partial charge in [-0.05, 0) is 38.3 Å². The van der Waals surface area contributed by atoms with Gasteiger partial charge in [0.05, 0.1) is 23.2 Å². The van der Waals surface area contributed by atoms with Gasteiger partial charge >= 0.3 is 0 Å². The number of hydrogen-bond acceptors (Lipinski definition) is 2. The van der Waals surface area contributed by atoms with E-state index in [-0.39, 0.29) is 12.1 Å². The molecule has 2 aromatic rings. The van der Waals surface area contributed by atoms with Crippen LogP contribution in [0.1, 0.15) is 31.1 Å². The van der Waals surface area contributed by atoms with E-state index in [1.165, 1.54) is 0 Å². The lowest BCUT2D eigenvalue weighted by atomic mass is 10.2. The minimum absolute atomic E-state index is 0.212. The molecule has 84 valence electrons. The standard InChI is InChI=1S/C13H16N2O/c1-9-14-10-5-2-3-6-11(10)15(9)12-7-4-8-13(12)16/h2-3,5-6,12-13,16H,4,7-8H2,1H3/t12-,13-/m0/s1. The average Bonchev–Trinajstić information content (AvgIpc) is 2.81. The van der Waals surface area contributed by atoms with Gasteiger partial charge in [0, 0.05) is 0 Å². The van der Waals surface area contributed by atoms with Gasteiger partial charge in [0.25, 0.3) is 0 Å². The Kier molecular flexibility index (Phi) is 2.21. The predicted octanol–water partition coefficient (Wildman–Crippen LogP) is 2.43. The Morgan fingerprint density at radius 3 is 2.88 bits per heavy atom. The van der Waals surface area contributed by atoms with Crippen molar-refractivity contribution in [1.82, 2.24) is 9.55 Å². The molecule has 0 radical (unpaired) electrons. The van der Waals surface area contributed by atoms with Gasteiger partial charge in [-0.3, -0.25) is 0 Å². The monoisotopic (exact) mass is 216 g/mol. The van der Waals surface area contributed by atoms with E-state index in [1.807, 2.05) is 25.1 Å². The number of nitrogens with zero attached hydrogens (tertiary/aromatic N) is 2. The van der Waals surface area contributed by atoms with E-state index in [0.29, 0.717) is 0 Å². The third-order valence-corrected chi connectivity index (χ3v) is 3.55. The van der Waals surface area contributed by atoms with E-state index in [2.05, 4.69) is 15.6 Å². The molecule has 0 bridgehead atoms. The van der Waals surface area contributed by atoms with Gasteiger partial charge in [0.2, 0.25) is 0 Å². The number of para-hydroxylation sites is 2. The molecule has 1 aliphatic rings. The molecule has 1 aliphatic carbocycles. The molecule has 0 amide bonds. The van der Waals surface area contributed by atoms with E-state index < -0.39 is 0 Å². The zero-order chi connectivity index (χ0) is 11.1. The molecule has 1 aromatic carbocycles. The fraction of sp³-hybridized carbons (Fsp3) is 0.462. The number of aromatic nitrogens is 2. The Hall–Kier alpha value is -1.35. The molecule has 1 heterocycles. The van der Waals surface area contributed by atoms with Crippen LogP contribution in [0.5, 0.6) is 0 Å². The van der Waals surface area contributed by atoms with E-state index in [1.54, 1.807) is 0 Å². The van der Waals surface area contributed by atoms with Crippen molar-refractivity contribution in [2.75, 3.05) is 0 Å². The third-order valence-electron chi connectivity index (χ3n) is 3.55. The molecule has 0 aliphatic heterocycles. The van der Waals surface area contributed by atoms with Gasteiger partial charge in [-0.1, -0.05) is 12.1 Å². The number of aryl methyl sites for hydroxylation is 1. The first-order chi connectivity index (χ1) is 7.77. The minimum atomic E-state index is -0.212. The van der Waals surface area contributed by atoms with Crippen LogP contribution in [0.2, 0.25) is 0 Å². The maximum absolute atomic E-state index is 10.00. The number of imidazole rings is 1. The van der Waals surface area contributed by atoms with Crippen molar-refractivity contribution in [3.05, 3.63) is 30.1 Å². The van der Waals surface area contributed by atoms with Crippen LogP contribution in [-0.4, -0.2) is 20.8 Å². The Balaban J connectivity index is 2.18. The van der Waals surface area contributed by atoms with Crippen LogP contribution >= 0.6 is 0 Å². The summed E-state index contributed by atoms with van der Waals surface area (Å²) in [6.07, 6.45) is 2.87. The first-order valence-corrected chi connectivity index (χ1v) is 5.89. The van der Waals surface area contributed by atoms with Crippen LogP contribution in [0, 0.1) is 6.92 Å². The van der Waals surface area contributed by atoms with E-state index in [0.717, 1.165) is 36.1 Å². The van der Waals surface area contributed by atoms with Crippen LogP contribution in [0.4, 0.5) is 0 Å². The summed E-state index contributed by atoms with van der Waals surface area (Å²) >= 11 is 0. The lowest BCUT2D eigenvalue weighted by Gasteiger charge is -2.18. The lowest BCUT2D eigenvalue weighted by molar-refractivity contribution is 0.137. The van der Waals surface area contributed by atoms with E-state index in [9.17, 15) is 5.11 Å². The number of aliphatic hydroxyl groups excluding tert-OH is 1. The molecule has 1 N–H and O–H groups in total. The van der Waals surface area contributed by atoms with Crippen LogP contribution in [0.3, 0.4) is 0 Å². The van der Waals surface area contributed by atoms with Gasteiger partial charge in [-0.15, -0.1) is 0 Å². The van der Waals surface area contributed by atoms with Crippen molar-refractivity contribution in [2.24, 2.45) is 0 Å². The third kappa shape index (κ3) is 1.35. The SMILES string of the molecule is Cc1nc2ccccc2n1[C@H]1CCC[C@@H]1O. The minimum Gasteiger partial charge on any atom is -0.391 e. The van der Waals surface area contributed by atoms with Crippen LogP contribution in [-0.2, 0) is 0 Å². The molecule has 0 unspecified atom stereocenters. The number of fused-ring (bicyclic) bond motifs is 1. The van der Waals surface area contributed by atoms with Gasteiger partial charge < -0.3 is 9.67 Å². The van der Waals surface area contributed by atoms with Gasteiger partial charge in [0.1, 0.15) is 5.82 Å². The molecular weight excluding hydrogens is 200 g/mol. The second-order valence-electron chi connectivity index (χ2n) is 4.58. The molecule has 0 saturated heterocycles. The van der Waals surface area contributed by atoms with Gasteiger partial charge in [-0.25, -0.2) is 4.98 Å². The highest BCUT2D eigenvalue weighted by Crippen LogP contribution is 2.33. The first-order valence-electron chi connectivity index (χ1n) is 5.89.